The van der Waals surface area contributed by atoms with Gasteiger partial charge in [0.15, 0.2) is 12.4 Å². The van der Waals surface area contributed by atoms with Crippen molar-refractivity contribution >= 4 is 23.5 Å². The second kappa shape index (κ2) is 9.42. The first-order valence-electron chi connectivity index (χ1n) is 8.50. The molecule has 0 aliphatic carbocycles. The van der Waals surface area contributed by atoms with Gasteiger partial charge in [-0.05, 0) is 30.2 Å². The maximum absolute atomic E-state index is 12.0. The van der Waals surface area contributed by atoms with Crippen LogP contribution in [0.2, 0.25) is 0 Å². The van der Waals surface area contributed by atoms with Gasteiger partial charge in [0, 0.05) is 11.8 Å². The standard InChI is InChI=1S/C19H22N2O6/c1-3-12(2)17(19(24)25)21-16(22)11-27-14-7-4-6-13(10-14)20-18(23)15-8-5-9-26-15/h4-10,12,17H,3,11H2,1-2H3,(H,20,23)(H,21,22)(H,24,25). The summed E-state index contributed by atoms with van der Waals surface area (Å²) in [5, 5.41) is 14.3. The van der Waals surface area contributed by atoms with E-state index >= 15 is 0 Å². The molecule has 27 heavy (non-hydrogen) atoms. The fourth-order valence-electron chi connectivity index (χ4n) is 2.31. The molecule has 0 aliphatic heterocycles. The van der Waals surface area contributed by atoms with Gasteiger partial charge in [-0.25, -0.2) is 4.79 Å². The molecule has 1 aromatic heterocycles. The van der Waals surface area contributed by atoms with E-state index in [0.717, 1.165) is 0 Å². The largest absolute Gasteiger partial charge is 0.484 e. The van der Waals surface area contributed by atoms with E-state index in [0.29, 0.717) is 17.9 Å². The summed E-state index contributed by atoms with van der Waals surface area (Å²) >= 11 is 0. The normalized spacial score (nSPS) is 12.7. The Morgan fingerprint density at radius 1 is 1.22 bits per heavy atom. The number of amides is 2. The highest BCUT2D eigenvalue weighted by molar-refractivity contribution is 6.02. The summed E-state index contributed by atoms with van der Waals surface area (Å²) in [6.45, 7) is 3.27. The van der Waals surface area contributed by atoms with Crippen LogP contribution in [-0.2, 0) is 9.59 Å². The van der Waals surface area contributed by atoms with Crippen LogP contribution in [0.15, 0.2) is 47.1 Å². The van der Waals surface area contributed by atoms with Gasteiger partial charge in [-0.15, -0.1) is 0 Å². The van der Waals surface area contributed by atoms with E-state index in [9.17, 15) is 19.5 Å². The number of nitrogens with one attached hydrogen (secondary N) is 2. The number of carbonyl (C=O) groups excluding carboxylic acids is 2. The monoisotopic (exact) mass is 374 g/mol. The van der Waals surface area contributed by atoms with E-state index in [1.165, 1.54) is 12.3 Å². The van der Waals surface area contributed by atoms with Crippen LogP contribution in [-0.4, -0.2) is 35.5 Å². The lowest BCUT2D eigenvalue weighted by Crippen LogP contribution is -2.46. The number of benzene rings is 1. The minimum atomic E-state index is -1.08. The number of furan rings is 1. The zero-order valence-electron chi connectivity index (χ0n) is 15.1. The van der Waals surface area contributed by atoms with Crippen molar-refractivity contribution in [1.29, 1.82) is 0 Å². The van der Waals surface area contributed by atoms with Crippen molar-refractivity contribution in [2.24, 2.45) is 5.92 Å². The lowest BCUT2D eigenvalue weighted by molar-refractivity contribution is -0.143. The van der Waals surface area contributed by atoms with Crippen LogP contribution in [0.4, 0.5) is 5.69 Å². The van der Waals surface area contributed by atoms with Crippen molar-refractivity contribution in [3.63, 3.8) is 0 Å². The van der Waals surface area contributed by atoms with E-state index < -0.39 is 23.8 Å². The Morgan fingerprint density at radius 3 is 2.63 bits per heavy atom. The minimum absolute atomic E-state index is 0.172. The van der Waals surface area contributed by atoms with Crippen LogP contribution in [0.3, 0.4) is 0 Å². The summed E-state index contributed by atoms with van der Waals surface area (Å²) in [4.78, 5) is 35.2. The topological polar surface area (TPSA) is 118 Å². The van der Waals surface area contributed by atoms with Crippen molar-refractivity contribution < 1.29 is 28.6 Å². The summed E-state index contributed by atoms with van der Waals surface area (Å²) in [7, 11) is 0. The Morgan fingerprint density at radius 2 is 2.00 bits per heavy atom. The van der Waals surface area contributed by atoms with E-state index in [-0.39, 0.29) is 18.3 Å². The van der Waals surface area contributed by atoms with Crippen LogP contribution in [0.1, 0.15) is 30.8 Å². The highest BCUT2D eigenvalue weighted by Crippen LogP contribution is 2.18. The third kappa shape index (κ3) is 5.88. The summed E-state index contributed by atoms with van der Waals surface area (Å²) in [5.74, 6) is -1.70. The van der Waals surface area contributed by atoms with Gasteiger partial charge < -0.3 is 24.9 Å². The number of rotatable bonds is 9. The average molecular weight is 374 g/mol. The minimum Gasteiger partial charge on any atom is -0.484 e. The van der Waals surface area contributed by atoms with Gasteiger partial charge >= 0.3 is 5.97 Å². The molecule has 1 heterocycles. The molecule has 0 saturated heterocycles. The number of hydrogen-bond acceptors (Lipinski definition) is 5. The van der Waals surface area contributed by atoms with Crippen LogP contribution < -0.4 is 15.4 Å². The number of anilines is 1. The van der Waals surface area contributed by atoms with E-state index in [1.807, 2.05) is 6.92 Å². The van der Waals surface area contributed by atoms with Gasteiger partial charge in [-0.3, -0.25) is 9.59 Å². The molecule has 8 nitrogen and oxygen atoms in total. The number of carboxylic acid groups (broad SMARTS) is 1. The van der Waals surface area contributed by atoms with Crippen molar-refractivity contribution in [2.75, 3.05) is 11.9 Å². The zero-order chi connectivity index (χ0) is 19.8. The molecule has 2 atom stereocenters. The molecule has 2 aromatic rings. The number of ether oxygens (including phenoxy) is 1. The molecule has 2 rings (SSSR count). The van der Waals surface area contributed by atoms with E-state index in [4.69, 9.17) is 9.15 Å². The zero-order valence-corrected chi connectivity index (χ0v) is 15.1. The van der Waals surface area contributed by atoms with Crippen molar-refractivity contribution in [1.82, 2.24) is 5.32 Å². The summed E-state index contributed by atoms with van der Waals surface area (Å²) in [6, 6.07) is 8.68. The van der Waals surface area contributed by atoms with Crippen LogP contribution >= 0.6 is 0 Å². The second-order valence-electron chi connectivity index (χ2n) is 6.02. The molecule has 1 aromatic carbocycles. The lowest BCUT2D eigenvalue weighted by Gasteiger charge is -2.20. The molecule has 2 amide bonds. The van der Waals surface area contributed by atoms with Crippen LogP contribution in [0.5, 0.6) is 5.75 Å². The Labute approximate surface area is 156 Å². The number of carbonyl (C=O) groups is 3. The maximum atomic E-state index is 12.0. The van der Waals surface area contributed by atoms with Gasteiger partial charge in [0.05, 0.1) is 6.26 Å². The molecule has 0 radical (unpaired) electrons. The van der Waals surface area contributed by atoms with Gasteiger partial charge in [-0.2, -0.15) is 0 Å². The Balaban J connectivity index is 1.91. The third-order valence-corrected chi connectivity index (χ3v) is 4.00. The fraction of sp³-hybridized carbons (Fsp3) is 0.316. The van der Waals surface area contributed by atoms with Gasteiger partial charge in [0.25, 0.3) is 11.8 Å². The number of hydrogen-bond donors (Lipinski definition) is 3. The first-order chi connectivity index (χ1) is 12.9. The molecular weight excluding hydrogens is 352 g/mol. The summed E-state index contributed by atoms with van der Waals surface area (Å²) < 4.78 is 10.4. The van der Waals surface area contributed by atoms with Crippen LogP contribution in [0, 0.1) is 5.92 Å². The maximum Gasteiger partial charge on any atom is 0.326 e. The molecule has 0 saturated carbocycles. The first kappa shape index (κ1) is 20.0. The third-order valence-electron chi connectivity index (χ3n) is 4.00. The van der Waals surface area contributed by atoms with Crippen LogP contribution in [0.25, 0.3) is 0 Å². The van der Waals surface area contributed by atoms with Crippen molar-refractivity contribution in [3.05, 3.63) is 48.4 Å². The van der Waals surface area contributed by atoms with Crippen molar-refractivity contribution in [2.45, 2.75) is 26.3 Å². The SMILES string of the molecule is CCC(C)C(NC(=O)COc1cccc(NC(=O)c2ccco2)c1)C(=O)O. The van der Waals surface area contributed by atoms with Crippen molar-refractivity contribution in [3.8, 4) is 5.75 Å². The van der Waals surface area contributed by atoms with Gasteiger partial charge in [-0.1, -0.05) is 26.3 Å². The van der Waals surface area contributed by atoms with Gasteiger partial charge in [0.2, 0.25) is 0 Å². The van der Waals surface area contributed by atoms with E-state index in [1.54, 1.807) is 37.3 Å². The van der Waals surface area contributed by atoms with E-state index in [2.05, 4.69) is 10.6 Å². The lowest BCUT2D eigenvalue weighted by atomic mass is 9.99. The van der Waals surface area contributed by atoms with Gasteiger partial charge in [0.1, 0.15) is 11.8 Å². The average Bonchev–Trinajstić information content (AvgIpc) is 3.19. The Kier molecular flexibility index (Phi) is 6.99. The highest BCUT2D eigenvalue weighted by Gasteiger charge is 2.25. The Hall–Kier alpha value is -3.29. The predicted octanol–water partition coefficient (Wildman–Crippen LogP) is 2.53. The predicted molar refractivity (Wildman–Crippen MR) is 97.6 cm³/mol. The molecule has 0 spiro atoms. The highest BCUT2D eigenvalue weighted by atomic mass is 16.5. The Bertz CT molecular complexity index is 787. The molecule has 0 fully saturated rings. The number of carboxylic acids is 1. The first-order valence-corrected chi connectivity index (χ1v) is 8.50. The quantitative estimate of drug-likeness (QED) is 0.621. The molecule has 2 unspecified atom stereocenters. The molecule has 8 heteroatoms. The fourth-order valence-corrected chi connectivity index (χ4v) is 2.31. The molecule has 0 aliphatic rings. The number of aliphatic carboxylic acids is 1. The molecule has 144 valence electrons. The molecule has 0 bridgehead atoms. The molecular formula is C19H22N2O6. The second-order valence-corrected chi connectivity index (χ2v) is 6.02. The summed E-state index contributed by atoms with van der Waals surface area (Å²) in [6.07, 6.45) is 2.02. The smallest absolute Gasteiger partial charge is 0.326 e. The summed E-state index contributed by atoms with van der Waals surface area (Å²) in [5.41, 5.74) is 0.470. The molecule has 3 N–H and O–H groups in total.